The molecular formula is C25H24ClCu2N6O3S2. The van der Waals surface area contributed by atoms with E-state index in [9.17, 15) is 5.11 Å². The van der Waals surface area contributed by atoms with Crippen molar-refractivity contribution in [1.82, 2.24) is 10.9 Å². The molecule has 0 heterocycles. The topological polar surface area (TPSA) is 112 Å². The number of hydrogen-bond acceptors (Lipinski definition) is 9. The van der Waals surface area contributed by atoms with Gasteiger partial charge in [0.15, 0.2) is 0 Å². The van der Waals surface area contributed by atoms with Crippen LogP contribution in [0, 0.1) is 6.92 Å². The molecule has 0 saturated carbocycles. The minimum absolute atomic E-state index is 0. The number of ether oxygens (including phenoxy) is 2. The fourth-order valence-electron chi connectivity index (χ4n) is 2.99. The number of aryl methyl sites for hydroxylation is 1. The summed E-state index contributed by atoms with van der Waals surface area (Å²) >= 11 is 14.1. The van der Waals surface area contributed by atoms with Crippen molar-refractivity contribution in [2.24, 2.45) is 20.2 Å². The molecule has 213 valence electrons. The number of aromatic hydroxyl groups is 1. The average Bonchev–Trinajstić information content (AvgIpc) is 2.92. The van der Waals surface area contributed by atoms with Gasteiger partial charge in [-0.2, -0.15) is 10.2 Å². The summed E-state index contributed by atoms with van der Waals surface area (Å²) in [6.45, 7) is 1.89. The first-order chi connectivity index (χ1) is 18.4. The molecule has 0 aromatic heterocycles. The number of amidine groups is 2. The van der Waals surface area contributed by atoms with Crippen LogP contribution in [0.3, 0.4) is 0 Å². The van der Waals surface area contributed by atoms with Gasteiger partial charge in [-0.3, -0.25) is 20.8 Å². The fourth-order valence-corrected chi connectivity index (χ4v) is 3.31. The molecule has 0 saturated heterocycles. The Hall–Kier alpha value is -2.89. The van der Waals surface area contributed by atoms with Crippen LogP contribution in [0.25, 0.3) is 0 Å². The predicted octanol–water partition coefficient (Wildman–Crippen LogP) is 4.72. The largest absolute Gasteiger partial charge is 1.00 e. The van der Waals surface area contributed by atoms with Crippen LogP contribution >= 0.6 is 10.1 Å². The van der Waals surface area contributed by atoms with Crippen molar-refractivity contribution >= 4 is 69.5 Å². The summed E-state index contributed by atoms with van der Waals surface area (Å²) in [5, 5.41) is 19.1. The number of halogens is 1. The Kier molecular flexibility index (Phi) is 16.1. The van der Waals surface area contributed by atoms with Gasteiger partial charge < -0.3 is 39.8 Å². The average molecular weight is 683 g/mol. The van der Waals surface area contributed by atoms with E-state index in [1.165, 1.54) is 12.4 Å². The molecule has 0 spiro atoms. The van der Waals surface area contributed by atoms with Crippen LogP contribution in [-0.4, -0.2) is 42.1 Å². The Morgan fingerprint density at radius 2 is 1.23 bits per heavy atom. The molecule has 0 atom stereocenters. The van der Waals surface area contributed by atoms with Gasteiger partial charge in [0.05, 0.1) is 38.0 Å². The van der Waals surface area contributed by atoms with Crippen molar-refractivity contribution in [3.63, 3.8) is 0 Å². The SMILES string of the molecule is COc1cccc(N=C([S-])N/N=C/c2cc(C)cc(/C=N/NC([S-])=Nc3cccc(OC)c3)c2O)c1.[Cl][Cu+].[Cu+]. The van der Waals surface area contributed by atoms with E-state index in [1.807, 2.05) is 31.2 Å². The fraction of sp³-hybridized carbons (Fsp3) is 0.120. The van der Waals surface area contributed by atoms with Gasteiger partial charge in [-0.25, -0.2) is 0 Å². The number of phenolic OH excluding ortho intramolecular Hbond substituents is 1. The molecule has 14 heteroatoms. The van der Waals surface area contributed by atoms with Gasteiger partial charge in [0.25, 0.3) is 0 Å². The number of methoxy groups -OCH3 is 2. The third-order valence-corrected chi connectivity index (χ3v) is 4.97. The first-order valence-electron chi connectivity index (χ1n) is 10.7. The Balaban J connectivity index is 0.00000248. The van der Waals surface area contributed by atoms with Crippen LogP contribution in [0.5, 0.6) is 17.2 Å². The second-order valence-electron chi connectivity index (χ2n) is 7.27. The number of hydrazone groups is 2. The first-order valence-corrected chi connectivity index (χ1v) is 12.8. The van der Waals surface area contributed by atoms with Gasteiger partial charge in [-0.05, 0) is 48.9 Å². The Labute approximate surface area is 261 Å². The number of benzene rings is 3. The first kappa shape index (κ1) is 34.1. The molecule has 0 fully saturated rings. The van der Waals surface area contributed by atoms with E-state index in [0.29, 0.717) is 34.0 Å². The molecule has 3 aromatic carbocycles. The monoisotopic (exact) mass is 681 g/mol. The maximum atomic E-state index is 10.7. The molecule has 3 aromatic rings. The number of nitrogens with one attached hydrogen (secondary N) is 2. The molecule has 0 aliphatic heterocycles. The van der Waals surface area contributed by atoms with E-state index in [1.54, 1.807) is 50.6 Å². The summed E-state index contributed by atoms with van der Waals surface area (Å²) in [5.74, 6) is 1.33. The zero-order chi connectivity index (χ0) is 27.9. The number of nitrogens with zero attached hydrogens (tertiary/aromatic N) is 4. The molecule has 0 aliphatic rings. The van der Waals surface area contributed by atoms with E-state index in [2.05, 4.69) is 56.2 Å². The third-order valence-electron chi connectivity index (χ3n) is 4.61. The quantitative estimate of drug-likeness (QED) is 0.104. The molecular weight excluding hydrogens is 659 g/mol. The molecule has 3 N–H and O–H groups in total. The minimum atomic E-state index is -0.0111. The van der Waals surface area contributed by atoms with Crippen molar-refractivity contribution in [3.8, 4) is 17.2 Å². The van der Waals surface area contributed by atoms with Crippen molar-refractivity contribution in [2.75, 3.05) is 14.2 Å². The maximum absolute atomic E-state index is 10.7. The molecule has 0 bridgehead atoms. The van der Waals surface area contributed by atoms with E-state index < -0.39 is 0 Å². The molecule has 39 heavy (non-hydrogen) atoms. The second kappa shape index (κ2) is 18.4. The predicted molar refractivity (Wildman–Crippen MR) is 155 cm³/mol. The van der Waals surface area contributed by atoms with Crippen LogP contribution in [-0.2, 0) is 57.4 Å². The summed E-state index contributed by atoms with van der Waals surface area (Å²) < 4.78 is 10.3. The number of rotatable bonds is 8. The van der Waals surface area contributed by atoms with Crippen molar-refractivity contribution in [2.45, 2.75) is 6.92 Å². The van der Waals surface area contributed by atoms with Crippen LogP contribution in [0.1, 0.15) is 16.7 Å². The molecule has 0 radical (unpaired) electrons. The van der Waals surface area contributed by atoms with Crippen LogP contribution in [0.15, 0.2) is 80.9 Å². The van der Waals surface area contributed by atoms with E-state index in [4.69, 9.17) is 34.7 Å². The van der Waals surface area contributed by atoms with Gasteiger partial charge in [0, 0.05) is 33.6 Å². The van der Waals surface area contributed by atoms with E-state index in [0.717, 1.165) is 5.56 Å². The number of hydrogen-bond donors (Lipinski definition) is 3. The molecule has 0 amide bonds. The molecule has 0 unspecified atom stereocenters. The van der Waals surface area contributed by atoms with Gasteiger partial charge in [-0.15, -0.1) is 0 Å². The minimum Gasteiger partial charge on any atom is 1.00 e. The Bertz CT molecular complexity index is 1250. The van der Waals surface area contributed by atoms with E-state index >= 15 is 0 Å². The smallest absolute Gasteiger partial charge is 1.00 e. The number of aliphatic imine (C=N–C) groups is 2. The van der Waals surface area contributed by atoms with Gasteiger partial charge in [0.1, 0.15) is 17.2 Å². The van der Waals surface area contributed by atoms with Gasteiger partial charge in [0.2, 0.25) is 0 Å². The molecule has 3 rings (SSSR count). The normalized spacial score (nSPS) is 11.4. The van der Waals surface area contributed by atoms with E-state index in [-0.39, 0.29) is 33.2 Å². The zero-order valence-electron chi connectivity index (χ0n) is 20.8. The van der Waals surface area contributed by atoms with Gasteiger partial charge >= 0.3 is 42.3 Å². The molecule has 0 aliphatic carbocycles. The summed E-state index contributed by atoms with van der Waals surface area (Å²) in [5.41, 5.74) is 8.43. The number of phenols is 1. The van der Waals surface area contributed by atoms with Crippen molar-refractivity contribution in [1.29, 1.82) is 0 Å². The summed E-state index contributed by atoms with van der Waals surface area (Å²) in [6, 6.07) is 17.9. The van der Waals surface area contributed by atoms with Crippen molar-refractivity contribution < 1.29 is 46.8 Å². The summed E-state index contributed by atoms with van der Waals surface area (Å²) in [6.07, 6.45) is 2.90. The maximum Gasteiger partial charge on any atom is 1.00 e. The standard InChI is InChI=1S/C25H26N6O3S2.ClH.2Cu/c1-16-10-17(14-26-30-24(35)28-19-6-4-8-21(12-19)33-2)23(32)18(11-16)15-27-31-25(36)29-20-7-5-9-22(13-20)34-3;;;/h4-15,32H,1-3H3,(H2,28,30,35)(H2,29,31,36);1H;;/q;;+1;+2/p-3/b26-14+,27-15+;;;. The van der Waals surface area contributed by atoms with Gasteiger partial charge in [-0.1, -0.05) is 12.1 Å². The molecule has 9 nitrogen and oxygen atoms in total. The van der Waals surface area contributed by atoms with Crippen LogP contribution in [0.2, 0.25) is 0 Å². The summed E-state index contributed by atoms with van der Waals surface area (Å²) in [4.78, 5) is 8.52. The third kappa shape index (κ3) is 11.8. The van der Waals surface area contributed by atoms with Crippen molar-refractivity contribution in [3.05, 3.63) is 77.4 Å². The van der Waals surface area contributed by atoms with Crippen LogP contribution in [0.4, 0.5) is 11.4 Å². The Morgan fingerprint density at radius 1 is 0.821 bits per heavy atom. The second-order valence-corrected chi connectivity index (χ2v) is 8.04. The summed E-state index contributed by atoms with van der Waals surface area (Å²) in [7, 11) is 7.36. The Morgan fingerprint density at radius 3 is 1.62 bits per heavy atom. The zero-order valence-corrected chi connectivity index (χ0v) is 25.1. The van der Waals surface area contributed by atoms with Crippen LogP contribution < -0.4 is 20.3 Å².